The summed E-state index contributed by atoms with van der Waals surface area (Å²) in [7, 11) is 2.33. The van der Waals surface area contributed by atoms with Crippen molar-refractivity contribution >= 4 is 0 Å². The van der Waals surface area contributed by atoms with Crippen LogP contribution in [-0.2, 0) is 0 Å². The predicted octanol–water partition coefficient (Wildman–Crippen LogP) is 3.91. The lowest BCUT2D eigenvalue weighted by molar-refractivity contribution is 0.161. The molecule has 0 aromatic heterocycles. The van der Waals surface area contributed by atoms with Crippen molar-refractivity contribution in [1.82, 2.24) is 10.2 Å². The maximum Gasteiger partial charge on any atom is 0.00924 e. The minimum absolute atomic E-state index is 0.774. The topological polar surface area (TPSA) is 15.3 Å². The van der Waals surface area contributed by atoms with Gasteiger partial charge in [0.05, 0.1) is 0 Å². The van der Waals surface area contributed by atoms with E-state index in [0.29, 0.717) is 0 Å². The van der Waals surface area contributed by atoms with E-state index in [0.717, 1.165) is 24.4 Å². The van der Waals surface area contributed by atoms with E-state index in [4.69, 9.17) is 0 Å². The molecule has 1 aliphatic rings. The van der Waals surface area contributed by atoms with Crippen LogP contribution < -0.4 is 5.32 Å². The Labute approximate surface area is 121 Å². The second-order valence-corrected chi connectivity index (χ2v) is 6.87. The van der Waals surface area contributed by atoms with Crippen molar-refractivity contribution in [2.75, 3.05) is 26.7 Å². The molecule has 1 rings (SSSR count). The molecule has 0 aromatic rings. The third kappa shape index (κ3) is 7.31. The first-order valence-corrected chi connectivity index (χ1v) is 8.54. The molecule has 0 aliphatic heterocycles. The molecule has 0 radical (unpaired) electrons. The average molecular weight is 268 g/mol. The van der Waals surface area contributed by atoms with Crippen molar-refractivity contribution in [3.8, 4) is 0 Å². The van der Waals surface area contributed by atoms with E-state index in [2.05, 4.69) is 38.0 Å². The highest BCUT2D eigenvalue weighted by Crippen LogP contribution is 2.28. The third-order valence-electron chi connectivity index (χ3n) is 4.68. The van der Waals surface area contributed by atoms with Gasteiger partial charge in [0, 0.05) is 6.04 Å². The predicted molar refractivity (Wildman–Crippen MR) is 85.6 cm³/mol. The Bertz CT molecular complexity index is 207. The maximum absolute atomic E-state index is 3.53. The largest absolute Gasteiger partial charge is 0.316 e. The Kier molecular flexibility index (Phi) is 8.72. The van der Waals surface area contributed by atoms with Crippen molar-refractivity contribution in [3.05, 3.63) is 0 Å². The molecule has 0 aromatic carbocycles. The number of hydrogen-bond donors (Lipinski definition) is 1. The Morgan fingerprint density at radius 2 is 1.79 bits per heavy atom. The molecule has 0 unspecified atom stereocenters. The fourth-order valence-electron chi connectivity index (χ4n) is 3.18. The minimum Gasteiger partial charge on any atom is -0.316 e. The van der Waals surface area contributed by atoms with Crippen molar-refractivity contribution in [3.63, 3.8) is 0 Å². The zero-order valence-electron chi connectivity index (χ0n) is 13.8. The van der Waals surface area contributed by atoms with Gasteiger partial charge in [-0.3, -0.25) is 0 Å². The van der Waals surface area contributed by atoms with E-state index in [1.807, 2.05) is 0 Å². The summed E-state index contributed by atoms with van der Waals surface area (Å²) >= 11 is 0. The summed E-state index contributed by atoms with van der Waals surface area (Å²) in [6.45, 7) is 10.5. The quantitative estimate of drug-likeness (QED) is 0.638. The summed E-state index contributed by atoms with van der Waals surface area (Å²) < 4.78 is 0. The fourth-order valence-corrected chi connectivity index (χ4v) is 3.18. The highest BCUT2D eigenvalue weighted by Gasteiger charge is 2.22. The molecule has 0 spiro atoms. The number of nitrogens with one attached hydrogen (secondary N) is 1. The van der Waals surface area contributed by atoms with Gasteiger partial charge in [0.25, 0.3) is 0 Å². The molecule has 1 N–H and O–H groups in total. The summed E-state index contributed by atoms with van der Waals surface area (Å²) in [5.74, 6) is 1.79. The summed E-state index contributed by atoms with van der Waals surface area (Å²) in [5, 5.41) is 3.53. The minimum atomic E-state index is 0.774. The molecule has 0 saturated heterocycles. The molecule has 0 amide bonds. The molecule has 2 heteroatoms. The second-order valence-electron chi connectivity index (χ2n) is 6.87. The van der Waals surface area contributed by atoms with E-state index in [1.165, 1.54) is 58.0 Å². The van der Waals surface area contributed by atoms with E-state index >= 15 is 0 Å². The summed E-state index contributed by atoms with van der Waals surface area (Å²) in [5.41, 5.74) is 0. The molecule has 1 aliphatic carbocycles. The second kappa shape index (κ2) is 9.77. The van der Waals surface area contributed by atoms with Gasteiger partial charge >= 0.3 is 0 Å². The Morgan fingerprint density at radius 3 is 2.37 bits per heavy atom. The monoisotopic (exact) mass is 268 g/mol. The zero-order chi connectivity index (χ0) is 14.1. The highest BCUT2D eigenvalue weighted by molar-refractivity contribution is 4.77. The van der Waals surface area contributed by atoms with Crippen molar-refractivity contribution < 1.29 is 0 Å². The van der Waals surface area contributed by atoms with E-state index < -0.39 is 0 Å². The average Bonchev–Trinajstić information content (AvgIpc) is 2.42. The molecule has 0 heterocycles. The Balaban J connectivity index is 2.00. The van der Waals surface area contributed by atoms with Crippen LogP contribution in [0.5, 0.6) is 0 Å². The normalized spacial score (nSPS) is 24.3. The first-order chi connectivity index (χ1) is 9.13. The summed E-state index contributed by atoms with van der Waals surface area (Å²) in [6, 6.07) is 0.867. The SMILES string of the molecule is CCC1CCC(N(C)CCCCNCC(C)C)CC1. The van der Waals surface area contributed by atoms with Crippen molar-refractivity contribution in [1.29, 1.82) is 0 Å². The van der Waals surface area contributed by atoms with E-state index in [9.17, 15) is 0 Å². The Hall–Kier alpha value is -0.0800. The van der Waals surface area contributed by atoms with Gasteiger partial charge in [0.15, 0.2) is 0 Å². The summed E-state index contributed by atoms with van der Waals surface area (Å²) in [4.78, 5) is 2.62. The van der Waals surface area contributed by atoms with Gasteiger partial charge in [-0.15, -0.1) is 0 Å². The fraction of sp³-hybridized carbons (Fsp3) is 1.00. The van der Waals surface area contributed by atoms with Crippen molar-refractivity contribution in [2.45, 2.75) is 71.8 Å². The molecule has 0 atom stereocenters. The number of unbranched alkanes of at least 4 members (excludes halogenated alkanes) is 1. The molecule has 0 bridgehead atoms. The number of nitrogens with zero attached hydrogens (tertiary/aromatic N) is 1. The summed E-state index contributed by atoms with van der Waals surface area (Å²) in [6.07, 6.45) is 9.83. The number of hydrogen-bond acceptors (Lipinski definition) is 2. The lowest BCUT2D eigenvalue weighted by atomic mass is 9.84. The smallest absolute Gasteiger partial charge is 0.00924 e. The van der Waals surface area contributed by atoms with Crippen LogP contribution in [0.25, 0.3) is 0 Å². The van der Waals surface area contributed by atoms with Crippen molar-refractivity contribution in [2.24, 2.45) is 11.8 Å². The van der Waals surface area contributed by atoms with Crippen LogP contribution in [0.3, 0.4) is 0 Å². The first-order valence-electron chi connectivity index (χ1n) is 8.54. The molecular weight excluding hydrogens is 232 g/mol. The van der Waals surface area contributed by atoms with Crippen LogP contribution in [0.2, 0.25) is 0 Å². The molecule has 1 fully saturated rings. The highest BCUT2D eigenvalue weighted by atomic mass is 15.1. The molecule has 19 heavy (non-hydrogen) atoms. The van der Waals surface area contributed by atoms with Gasteiger partial charge in [-0.25, -0.2) is 0 Å². The van der Waals surface area contributed by atoms with Gasteiger partial charge in [-0.2, -0.15) is 0 Å². The first kappa shape index (κ1) is 17.0. The Morgan fingerprint density at radius 1 is 1.11 bits per heavy atom. The van der Waals surface area contributed by atoms with Gasteiger partial charge < -0.3 is 10.2 Å². The standard InChI is InChI=1S/C17H36N2/c1-5-16-8-10-17(11-9-16)19(4)13-7-6-12-18-14-15(2)3/h15-18H,5-14H2,1-4H3. The van der Waals surface area contributed by atoms with Crippen LogP contribution >= 0.6 is 0 Å². The molecule has 1 saturated carbocycles. The third-order valence-corrected chi connectivity index (χ3v) is 4.68. The molecule has 2 nitrogen and oxygen atoms in total. The van der Waals surface area contributed by atoms with Crippen LogP contribution in [0, 0.1) is 11.8 Å². The molecule has 114 valence electrons. The van der Waals surface area contributed by atoms with Crippen LogP contribution in [0.1, 0.15) is 65.7 Å². The van der Waals surface area contributed by atoms with Gasteiger partial charge in [-0.05, 0) is 77.0 Å². The zero-order valence-corrected chi connectivity index (χ0v) is 13.8. The van der Waals surface area contributed by atoms with Crippen LogP contribution in [-0.4, -0.2) is 37.6 Å². The van der Waals surface area contributed by atoms with Gasteiger partial charge in [0.2, 0.25) is 0 Å². The van der Waals surface area contributed by atoms with Crippen LogP contribution in [0.4, 0.5) is 0 Å². The lowest BCUT2D eigenvalue weighted by Crippen LogP contribution is -2.36. The van der Waals surface area contributed by atoms with Gasteiger partial charge in [0.1, 0.15) is 0 Å². The van der Waals surface area contributed by atoms with Gasteiger partial charge in [-0.1, -0.05) is 27.2 Å². The maximum atomic E-state index is 3.53. The van der Waals surface area contributed by atoms with E-state index in [1.54, 1.807) is 0 Å². The van der Waals surface area contributed by atoms with E-state index in [-0.39, 0.29) is 0 Å². The van der Waals surface area contributed by atoms with Crippen LogP contribution in [0.15, 0.2) is 0 Å². The lowest BCUT2D eigenvalue weighted by Gasteiger charge is -2.34. The number of rotatable bonds is 9. The molecular formula is C17H36N2.